The molecule has 0 radical (unpaired) electrons. The van der Waals surface area contributed by atoms with Gasteiger partial charge in [-0.05, 0) is 49.0 Å². The molecule has 2 aromatic rings. The fourth-order valence-electron chi connectivity index (χ4n) is 1.69. The van der Waals surface area contributed by atoms with Crippen LogP contribution in [0.25, 0.3) is 0 Å². The van der Waals surface area contributed by atoms with Crippen LogP contribution in [0.2, 0.25) is 0 Å². The van der Waals surface area contributed by atoms with Crippen LogP contribution in [0.1, 0.15) is 18.6 Å². The maximum absolute atomic E-state index is 9.54. The summed E-state index contributed by atoms with van der Waals surface area (Å²) < 4.78 is 0. The Bertz CT molecular complexity index is 555. The first-order valence-electron chi connectivity index (χ1n) is 6.06. The summed E-state index contributed by atoms with van der Waals surface area (Å²) in [4.78, 5) is 0. The highest BCUT2D eigenvalue weighted by Crippen LogP contribution is 2.17. The zero-order valence-corrected chi connectivity index (χ0v) is 11.4. The van der Waals surface area contributed by atoms with E-state index in [1.54, 1.807) is 6.92 Å². The van der Waals surface area contributed by atoms with Crippen LogP contribution in [0.5, 0.6) is 0 Å². The van der Waals surface area contributed by atoms with E-state index in [1.807, 2.05) is 54.6 Å². The van der Waals surface area contributed by atoms with E-state index in [9.17, 15) is 5.11 Å². The minimum absolute atomic E-state index is 0.489. The first-order valence-corrected chi connectivity index (χ1v) is 6.47. The van der Waals surface area contributed by atoms with Gasteiger partial charge in [0, 0.05) is 11.4 Å². The fraction of sp³-hybridized carbons (Fsp3) is 0.133. The third kappa shape index (κ3) is 4.05. The molecule has 3 N–H and O–H groups in total. The first kappa shape index (κ1) is 13.5. The number of nitrogens with one attached hydrogen (secondary N) is 2. The third-order valence-electron chi connectivity index (χ3n) is 2.66. The van der Waals surface area contributed by atoms with Crippen LogP contribution >= 0.6 is 12.2 Å². The Morgan fingerprint density at radius 2 is 1.63 bits per heavy atom. The molecule has 3 nitrogen and oxygen atoms in total. The smallest absolute Gasteiger partial charge is 0.175 e. The summed E-state index contributed by atoms with van der Waals surface area (Å²) >= 11 is 5.24. The molecule has 0 aromatic heterocycles. The highest BCUT2D eigenvalue weighted by atomic mass is 32.1. The number of para-hydroxylation sites is 1. The average Bonchev–Trinajstić information content (AvgIpc) is 2.40. The zero-order chi connectivity index (χ0) is 13.7. The number of benzene rings is 2. The second-order valence-corrected chi connectivity index (χ2v) is 4.65. The number of aliphatic hydroxyl groups is 1. The summed E-state index contributed by atoms with van der Waals surface area (Å²) in [7, 11) is 0. The highest BCUT2D eigenvalue weighted by molar-refractivity contribution is 7.80. The number of hydrogen-bond donors (Lipinski definition) is 3. The maximum atomic E-state index is 9.54. The van der Waals surface area contributed by atoms with Gasteiger partial charge >= 0.3 is 0 Å². The largest absolute Gasteiger partial charge is 0.389 e. The summed E-state index contributed by atoms with van der Waals surface area (Å²) in [6.45, 7) is 1.74. The van der Waals surface area contributed by atoms with Gasteiger partial charge in [-0.15, -0.1) is 0 Å². The molecule has 0 saturated heterocycles. The van der Waals surface area contributed by atoms with Crippen molar-refractivity contribution in [3.05, 3.63) is 60.2 Å². The summed E-state index contributed by atoms with van der Waals surface area (Å²) in [6.07, 6.45) is -0.489. The summed E-state index contributed by atoms with van der Waals surface area (Å²) in [6, 6.07) is 17.3. The highest BCUT2D eigenvalue weighted by Gasteiger charge is 2.03. The first-order chi connectivity index (χ1) is 9.15. The van der Waals surface area contributed by atoms with E-state index >= 15 is 0 Å². The van der Waals surface area contributed by atoms with Crippen LogP contribution in [0.4, 0.5) is 11.4 Å². The summed E-state index contributed by atoms with van der Waals surface area (Å²) in [5, 5.41) is 16.3. The topological polar surface area (TPSA) is 44.3 Å². The minimum Gasteiger partial charge on any atom is -0.389 e. The lowest BCUT2D eigenvalue weighted by Gasteiger charge is -2.12. The zero-order valence-electron chi connectivity index (χ0n) is 10.6. The van der Waals surface area contributed by atoms with Crippen molar-refractivity contribution < 1.29 is 5.11 Å². The number of thiocarbonyl (C=S) groups is 1. The van der Waals surface area contributed by atoms with E-state index in [1.165, 1.54) is 0 Å². The molecule has 0 fully saturated rings. The maximum Gasteiger partial charge on any atom is 0.175 e. The lowest BCUT2D eigenvalue weighted by molar-refractivity contribution is 0.199. The predicted octanol–water partition coefficient (Wildman–Crippen LogP) is 3.55. The Kier molecular flexibility index (Phi) is 4.49. The van der Waals surface area contributed by atoms with E-state index < -0.39 is 6.10 Å². The van der Waals surface area contributed by atoms with Crippen molar-refractivity contribution in [2.45, 2.75) is 13.0 Å². The number of anilines is 2. The molecule has 4 heteroatoms. The summed E-state index contributed by atoms with van der Waals surface area (Å²) in [5.74, 6) is 0. The fourth-order valence-corrected chi connectivity index (χ4v) is 1.93. The van der Waals surface area contributed by atoms with Gasteiger partial charge in [0.25, 0.3) is 0 Å². The molecule has 0 aliphatic rings. The predicted molar refractivity (Wildman–Crippen MR) is 83.4 cm³/mol. The van der Waals surface area contributed by atoms with Gasteiger partial charge in [-0.25, -0.2) is 0 Å². The van der Waals surface area contributed by atoms with Crippen LogP contribution in [-0.4, -0.2) is 10.2 Å². The van der Waals surface area contributed by atoms with Gasteiger partial charge in [0.2, 0.25) is 0 Å². The molecular weight excluding hydrogens is 256 g/mol. The van der Waals surface area contributed by atoms with Gasteiger partial charge in [-0.3, -0.25) is 0 Å². The van der Waals surface area contributed by atoms with Crippen molar-refractivity contribution in [1.82, 2.24) is 0 Å². The van der Waals surface area contributed by atoms with Crippen LogP contribution in [-0.2, 0) is 0 Å². The van der Waals surface area contributed by atoms with Crippen molar-refractivity contribution in [3.63, 3.8) is 0 Å². The Labute approximate surface area is 118 Å². The third-order valence-corrected chi connectivity index (χ3v) is 2.86. The Morgan fingerprint density at radius 3 is 2.32 bits per heavy atom. The molecular formula is C15H16N2OS. The lowest BCUT2D eigenvalue weighted by atomic mass is 10.1. The molecule has 1 atom stereocenters. The molecule has 0 heterocycles. The Hall–Kier alpha value is -1.91. The van der Waals surface area contributed by atoms with Crippen molar-refractivity contribution in [1.29, 1.82) is 0 Å². The van der Waals surface area contributed by atoms with Crippen LogP contribution in [0.15, 0.2) is 54.6 Å². The molecule has 0 bridgehead atoms. The molecule has 0 aliphatic heterocycles. The van der Waals surface area contributed by atoms with E-state index in [0.29, 0.717) is 5.11 Å². The molecule has 1 unspecified atom stereocenters. The van der Waals surface area contributed by atoms with Crippen LogP contribution < -0.4 is 10.6 Å². The number of hydrogen-bond acceptors (Lipinski definition) is 2. The Balaban J connectivity index is 2.01. The van der Waals surface area contributed by atoms with Crippen molar-refractivity contribution in [2.75, 3.05) is 10.6 Å². The van der Waals surface area contributed by atoms with E-state index in [0.717, 1.165) is 16.9 Å². The van der Waals surface area contributed by atoms with Gasteiger partial charge in [0.05, 0.1) is 6.10 Å². The SMILES string of the molecule is CC(O)c1cccc(NC(=S)Nc2ccccc2)c1. The molecule has 2 aromatic carbocycles. The van der Waals surface area contributed by atoms with Gasteiger partial charge in [-0.1, -0.05) is 30.3 Å². The summed E-state index contributed by atoms with van der Waals surface area (Å²) in [5.41, 5.74) is 2.64. The molecule has 0 saturated carbocycles. The van der Waals surface area contributed by atoms with Crippen molar-refractivity contribution in [3.8, 4) is 0 Å². The van der Waals surface area contributed by atoms with Gasteiger partial charge < -0.3 is 15.7 Å². The second kappa shape index (κ2) is 6.31. The van der Waals surface area contributed by atoms with Crippen molar-refractivity contribution in [2.24, 2.45) is 0 Å². The second-order valence-electron chi connectivity index (χ2n) is 4.25. The van der Waals surface area contributed by atoms with E-state index in [4.69, 9.17) is 12.2 Å². The van der Waals surface area contributed by atoms with Crippen LogP contribution in [0, 0.1) is 0 Å². The molecule has 98 valence electrons. The number of aliphatic hydroxyl groups excluding tert-OH is 1. The molecule has 0 aliphatic carbocycles. The van der Waals surface area contributed by atoms with Crippen LogP contribution in [0.3, 0.4) is 0 Å². The number of rotatable bonds is 3. The normalized spacial score (nSPS) is 11.7. The van der Waals surface area contributed by atoms with Crippen molar-refractivity contribution >= 4 is 28.7 Å². The standard InChI is InChI=1S/C15H16N2OS/c1-11(18)12-6-5-9-14(10-12)17-15(19)16-13-7-3-2-4-8-13/h2-11,18H,1H3,(H2,16,17,19). The molecule has 0 amide bonds. The van der Waals surface area contributed by atoms with Gasteiger partial charge in [0.15, 0.2) is 5.11 Å². The quantitative estimate of drug-likeness (QED) is 0.748. The van der Waals surface area contributed by atoms with Gasteiger partial charge in [0.1, 0.15) is 0 Å². The monoisotopic (exact) mass is 272 g/mol. The lowest BCUT2D eigenvalue weighted by Crippen LogP contribution is -2.19. The van der Waals surface area contributed by atoms with Gasteiger partial charge in [-0.2, -0.15) is 0 Å². The molecule has 0 spiro atoms. The minimum atomic E-state index is -0.489. The van der Waals surface area contributed by atoms with E-state index in [2.05, 4.69) is 10.6 Å². The molecule has 19 heavy (non-hydrogen) atoms. The molecule has 2 rings (SSSR count). The Morgan fingerprint density at radius 1 is 1.00 bits per heavy atom. The average molecular weight is 272 g/mol. The van der Waals surface area contributed by atoms with E-state index in [-0.39, 0.29) is 0 Å².